The summed E-state index contributed by atoms with van der Waals surface area (Å²) in [6.07, 6.45) is 3.29. The minimum absolute atomic E-state index is 0.152. The van der Waals surface area contributed by atoms with Crippen LogP contribution in [-0.4, -0.2) is 54.7 Å². The molecule has 2 saturated carbocycles. The van der Waals surface area contributed by atoms with Gasteiger partial charge in [-0.1, -0.05) is 30.3 Å². The van der Waals surface area contributed by atoms with Crippen LogP contribution in [-0.2, 0) is 4.74 Å². The van der Waals surface area contributed by atoms with Crippen LogP contribution in [0.15, 0.2) is 30.3 Å². The number of rotatable bonds is 6. The number of benzene rings is 1. The summed E-state index contributed by atoms with van der Waals surface area (Å²) in [4.78, 5) is 17.2. The Morgan fingerprint density at radius 2 is 1.80 bits per heavy atom. The number of hydrogen-bond donors (Lipinski definition) is 0. The molecular weight excluding hydrogens is 312 g/mol. The molecule has 0 aliphatic heterocycles. The van der Waals surface area contributed by atoms with E-state index in [1.165, 1.54) is 18.4 Å². The van der Waals surface area contributed by atoms with E-state index in [-0.39, 0.29) is 17.6 Å². The van der Waals surface area contributed by atoms with Crippen LogP contribution in [0.2, 0.25) is 0 Å². The molecule has 1 aromatic rings. The molecule has 2 fully saturated rings. The van der Waals surface area contributed by atoms with E-state index in [1.54, 1.807) is 0 Å². The molecule has 2 aliphatic carbocycles. The van der Waals surface area contributed by atoms with Crippen molar-refractivity contribution in [3.8, 4) is 0 Å². The van der Waals surface area contributed by atoms with E-state index in [0.29, 0.717) is 5.92 Å². The van der Waals surface area contributed by atoms with Gasteiger partial charge in [0.15, 0.2) is 0 Å². The minimum atomic E-state index is -0.454. The first-order valence-corrected chi connectivity index (χ1v) is 9.38. The molecule has 0 spiro atoms. The Morgan fingerprint density at radius 3 is 2.32 bits per heavy atom. The second-order valence-electron chi connectivity index (χ2n) is 9.17. The summed E-state index contributed by atoms with van der Waals surface area (Å²) >= 11 is 0. The topological polar surface area (TPSA) is 32.8 Å². The third kappa shape index (κ3) is 4.75. The number of hydrogen-bond acceptors (Lipinski definition) is 3. The average Bonchev–Trinajstić information content (AvgIpc) is 3.39. The van der Waals surface area contributed by atoms with Crippen LogP contribution in [0, 0.1) is 5.41 Å². The molecule has 0 bridgehead atoms. The molecule has 0 heterocycles. The largest absolute Gasteiger partial charge is 0.444 e. The molecule has 4 nitrogen and oxygen atoms in total. The zero-order valence-corrected chi connectivity index (χ0v) is 16.3. The van der Waals surface area contributed by atoms with E-state index < -0.39 is 5.60 Å². The van der Waals surface area contributed by atoms with Gasteiger partial charge in [-0.2, -0.15) is 0 Å². The Balaban J connectivity index is 1.73. The van der Waals surface area contributed by atoms with E-state index in [1.807, 2.05) is 31.7 Å². The summed E-state index contributed by atoms with van der Waals surface area (Å²) < 4.78 is 5.74. The lowest BCUT2D eigenvalue weighted by atomic mass is 10.1. The van der Waals surface area contributed by atoms with E-state index in [2.05, 4.69) is 43.3 Å². The summed E-state index contributed by atoms with van der Waals surface area (Å²) in [6, 6.07) is 10.8. The van der Waals surface area contributed by atoms with Gasteiger partial charge in [-0.05, 0) is 59.7 Å². The van der Waals surface area contributed by atoms with Gasteiger partial charge in [0.1, 0.15) is 5.60 Å². The van der Waals surface area contributed by atoms with Crippen molar-refractivity contribution < 1.29 is 9.53 Å². The third-order valence-corrected chi connectivity index (χ3v) is 5.13. The first-order chi connectivity index (χ1) is 11.7. The van der Waals surface area contributed by atoms with Crippen molar-refractivity contribution in [1.29, 1.82) is 0 Å². The molecule has 2 aliphatic rings. The van der Waals surface area contributed by atoms with Crippen LogP contribution < -0.4 is 0 Å². The van der Waals surface area contributed by atoms with Gasteiger partial charge in [0, 0.05) is 30.5 Å². The van der Waals surface area contributed by atoms with Crippen molar-refractivity contribution in [2.24, 2.45) is 5.41 Å². The highest BCUT2D eigenvalue weighted by Crippen LogP contribution is 2.51. The molecule has 25 heavy (non-hydrogen) atoms. The van der Waals surface area contributed by atoms with Crippen molar-refractivity contribution >= 4 is 6.09 Å². The maximum atomic E-state index is 12.9. The number of amides is 1. The lowest BCUT2D eigenvalue weighted by molar-refractivity contribution is 0.0177. The highest BCUT2D eigenvalue weighted by Gasteiger charge is 2.52. The monoisotopic (exact) mass is 344 g/mol. The molecular formula is C21H32N2O2. The maximum Gasteiger partial charge on any atom is 0.410 e. The highest BCUT2D eigenvalue weighted by molar-refractivity contribution is 5.69. The van der Waals surface area contributed by atoms with Crippen molar-refractivity contribution in [1.82, 2.24) is 9.80 Å². The van der Waals surface area contributed by atoms with Crippen LogP contribution in [0.5, 0.6) is 0 Å². The van der Waals surface area contributed by atoms with Crippen molar-refractivity contribution in [3.63, 3.8) is 0 Å². The normalized spacial score (nSPS) is 24.1. The number of carbonyl (C=O) groups is 1. The summed E-state index contributed by atoms with van der Waals surface area (Å²) in [5.74, 6) is 0.448. The Hall–Kier alpha value is -1.55. The van der Waals surface area contributed by atoms with E-state index in [9.17, 15) is 4.79 Å². The minimum Gasteiger partial charge on any atom is -0.444 e. The summed E-state index contributed by atoms with van der Waals surface area (Å²) in [5, 5.41) is 0. The Labute approximate surface area is 152 Å². The quantitative estimate of drug-likeness (QED) is 0.778. The van der Waals surface area contributed by atoms with E-state index >= 15 is 0 Å². The lowest BCUT2D eigenvalue weighted by Crippen LogP contribution is -2.44. The number of nitrogens with zero attached hydrogens (tertiary/aromatic N) is 2. The number of ether oxygens (including phenoxy) is 1. The second kappa shape index (κ2) is 6.64. The molecule has 1 amide bonds. The van der Waals surface area contributed by atoms with Crippen molar-refractivity contribution in [3.05, 3.63) is 35.9 Å². The predicted octanol–water partition coefficient (Wildman–Crippen LogP) is 4.12. The molecule has 1 aromatic carbocycles. The summed E-state index contributed by atoms with van der Waals surface area (Å²) in [6.45, 7) is 7.68. The summed E-state index contributed by atoms with van der Waals surface area (Å²) in [5.41, 5.74) is 1.13. The molecule has 0 aromatic heterocycles. The first kappa shape index (κ1) is 18.2. The van der Waals surface area contributed by atoms with Crippen LogP contribution in [0.3, 0.4) is 0 Å². The van der Waals surface area contributed by atoms with Gasteiger partial charge >= 0.3 is 6.09 Å². The van der Waals surface area contributed by atoms with Gasteiger partial charge in [-0.3, -0.25) is 0 Å². The van der Waals surface area contributed by atoms with Gasteiger partial charge in [0.25, 0.3) is 0 Å². The molecule has 3 rings (SSSR count). The van der Waals surface area contributed by atoms with E-state index in [4.69, 9.17) is 4.74 Å². The predicted molar refractivity (Wildman–Crippen MR) is 101 cm³/mol. The number of carbonyl (C=O) groups excluding carboxylic acids is 1. The van der Waals surface area contributed by atoms with Crippen LogP contribution in [0.1, 0.15) is 51.5 Å². The van der Waals surface area contributed by atoms with Crippen molar-refractivity contribution in [2.45, 2.75) is 57.6 Å². The second-order valence-corrected chi connectivity index (χ2v) is 9.17. The fraction of sp³-hybridized carbons (Fsp3) is 0.667. The zero-order valence-electron chi connectivity index (χ0n) is 16.3. The fourth-order valence-electron chi connectivity index (χ4n) is 3.80. The van der Waals surface area contributed by atoms with E-state index in [0.717, 1.165) is 19.5 Å². The van der Waals surface area contributed by atoms with Gasteiger partial charge in [0.2, 0.25) is 0 Å². The van der Waals surface area contributed by atoms with Crippen LogP contribution in [0.4, 0.5) is 4.79 Å². The van der Waals surface area contributed by atoms with Gasteiger partial charge in [-0.15, -0.1) is 0 Å². The van der Waals surface area contributed by atoms with Gasteiger partial charge in [0.05, 0.1) is 0 Å². The average molecular weight is 344 g/mol. The Bertz CT molecular complexity index is 602. The smallest absolute Gasteiger partial charge is 0.410 e. The van der Waals surface area contributed by atoms with Crippen molar-refractivity contribution in [2.75, 3.05) is 27.2 Å². The Morgan fingerprint density at radius 1 is 1.16 bits per heavy atom. The standard InChI is InChI=1S/C21H32N2O2/c1-20(2,3)25-19(24)23(15-21(11-12-21)14-22(4)5)18-13-17(18)16-9-7-6-8-10-16/h6-10,17-18H,11-15H2,1-5H3/t17?,18-/m0/s1. The van der Waals surface area contributed by atoms with Crippen LogP contribution >= 0.6 is 0 Å². The first-order valence-electron chi connectivity index (χ1n) is 9.38. The SMILES string of the molecule is CN(C)CC1(CN(C(=O)OC(C)(C)C)[C@H]2CC2c2ccccc2)CC1. The maximum absolute atomic E-state index is 12.9. The highest BCUT2D eigenvalue weighted by atomic mass is 16.6. The molecule has 2 atom stereocenters. The third-order valence-electron chi connectivity index (χ3n) is 5.13. The molecule has 0 radical (unpaired) electrons. The van der Waals surface area contributed by atoms with Gasteiger partial charge < -0.3 is 14.5 Å². The van der Waals surface area contributed by atoms with Crippen LogP contribution in [0.25, 0.3) is 0 Å². The van der Waals surface area contributed by atoms with Gasteiger partial charge in [-0.25, -0.2) is 4.79 Å². The lowest BCUT2D eigenvalue weighted by Gasteiger charge is -2.32. The molecule has 138 valence electrons. The zero-order chi connectivity index (χ0) is 18.2. The molecule has 4 heteroatoms. The Kier molecular flexibility index (Phi) is 4.84. The molecule has 1 unspecified atom stereocenters. The fourth-order valence-corrected chi connectivity index (χ4v) is 3.80. The summed E-state index contributed by atoms with van der Waals surface area (Å²) in [7, 11) is 4.23. The molecule has 0 saturated heterocycles. The molecule has 0 N–H and O–H groups in total.